The summed E-state index contributed by atoms with van der Waals surface area (Å²) in [5.41, 5.74) is 3.26. The van der Waals surface area contributed by atoms with Crippen molar-refractivity contribution in [3.05, 3.63) is 101 Å². The van der Waals surface area contributed by atoms with Crippen LogP contribution in [0.4, 0.5) is 17.1 Å². The van der Waals surface area contributed by atoms with Gasteiger partial charge in [0.1, 0.15) is 5.58 Å². The number of rotatable bonds is 3. The Balaban J connectivity index is 1.92. The van der Waals surface area contributed by atoms with Gasteiger partial charge < -0.3 is 9.32 Å². The summed E-state index contributed by atoms with van der Waals surface area (Å²) in [6.45, 7) is 0. The highest BCUT2D eigenvalue weighted by Crippen LogP contribution is 2.35. The van der Waals surface area contributed by atoms with Crippen molar-refractivity contribution in [3.63, 3.8) is 0 Å². The Bertz CT molecular complexity index is 984. The van der Waals surface area contributed by atoms with Crippen LogP contribution in [0.1, 0.15) is 0 Å². The third-order valence-corrected chi connectivity index (χ3v) is 3.89. The van der Waals surface area contributed by atoms with Crippen molar-refractivity contribution in [2.75, 3.05) is 4.90 Å². The molecule has 0 spiro atoms. The van der Waals surface area contributed by atoms with Gasteiger partial charge in [0.2, 0.25) is 0 Å². The first-order chi connectivity index (χ1) is 11.8. The number of para-hydroxylation sites is 2. The maximum Gasteiger partial charge on any atom is 0.336 e. The summed E-state index contributed by atoms with van der Waals surface area (Å²) in [7, 11) is 0. The number of benzene rings is 3. The molecule has 0 N–H and O–H groups in total. The van der Waals surface area contributed by atoms with Gasteiger partial charge in [-0.25, -0.2) is 4.79 Å². The Hall–Kier alpha value is -3.33. The van der Waals surface area contributed by atoms with Gasteiger partial charge in [-0.05, 0) is 42.5 Å². The molecule has 3 nitrogen and oxygen atoms in total. The van der Waals surface area contributed by atoms with Gasteiger partial charge in [0.25, 0.3) is 0 Å². The van der Waals surface area contributed by atoms with Gasteiger partial charge in [-0.2, -0.15) is 0 Å². The highest BCUT2D eigenvalue weighted by atomic mass is 16.4. The molecule has 0 fully saturated rings. The predicted octanol–water partition coefficient (Wildman–Crippen LogP) is 5.26. The maximum absolute atomic E-state index is 11.5. The number of fused-ring (bicyclic) bond motifs is 1. The fourth-order valence-corrected chi connectivity index (χ4v) is 2.79. The van der Waals surface area contributed by atoms with Crippen molar-refractivity contribution >= 4 is 28.0 Å². The summed E-state index contributed by atoms with van der Waals surface area (Å²) >= 11 is 0. The van der Waals surface area contributed by atoms with Crippen LogP contribution in [0.2, 0.25) is 0 Å². The average molecular weight is 313 g/mol. The van der Waals surface area contributed by atoms with Gasteiger partial charge in [0.15, 0.2) is 0 Å². The quantitative estimate of drug-likeness (QED) is 0.484. The summed E-state index contributed by atoms with van der Waals surface area (Å²) in [6.07, 6.45) is 0. The molecule has 0 bridgehead atoms. The van der Waals surface area contributed by atoms with E-state index in [1.54, 1.807) is 6.07 Å². The second-order valence-corrected chi connectivity index (χ2v) is 5.48. The molecule has 0 unspecified atom stereocenters. The summed E-state index contributed by atoms with van der Waals surface area (Å²) < 4.78 is 5.34. The molecule has 3 heteroatoms. The van der Waals surface area contributed by atoms with Gasteiger partial charge in [0, 0.05) is 34.6 Å². The molecular formula is C21H15NO2. The van der Waals surface area contributed by atoms with Gasteiger partial charge in [-0.15, -0.1) is 0 Å². The number of anilines is 3. The van der Waals surface area contributed by atoms with Gasteiger partial charge in [-0.1, -0.05) is 36.4 Å². The Morgan fingerprint density at radius 1 is 0.625 bits per heavy atom. The average Bonchev–Trinajstić information content (AvgIpc) is 2.63. The van der Waals surface area contributed by atoms with Crippen molar-refractivity contribution < 1.29 is 4.42 Å². The Labute approximate surface area is 139 Å². The first kappa shape index (κ1) is 14.3. The van der Waals surface area contributed by atoms with E-state index in [1.165, 1.54) is 6.07 Å². The van der Waals surface area contributed by atoms with Crippen LogP contribution in [-0.2, 0) is 0 Å². The maximum atomic E-state index is 11.5. The monoisotopic (exact) mass is 313 g/mol. The fraction of sp³-hybridized carbons (Fsp3) is 0. The molecule has 3 aromatic carbocycles. The highest BCUT2D eigenvalue weighted by Gasteiger charge is 2.12. The van der Waals surface area contributed by atoms with E-state index < -0.39 is 0 Å². The molecule has 116 valence electrons. The zero-order valence-electron chi connectivity index (χ0n) is 12.9. The number of hydrogen-bond acceptors (Lipinski definition) is 3. The summed E-state index contributed by atoms with van der Waals surface area (Å²) in [5.74, 6) is 0. The van der Waals surface area contributed by atoms with Crippen molar-refractivity contribution in [1.82, 2.24) is 0 Å². The molecule has 0 amide bonds. The lowest BCUT2D eigenvalue weighted by atomic mass is 10.1. The van der Waals surface area contributed by atoms with Crippen LogP contribution >= 0.6 is 0 Å². The zero-order chi connectivity index (χ0) is 16.4. The van der Waals surface area contributed by atoms with Gasteiger partial charge >= 0.3 is 5.63 Å². The summed E-state index contributed by atoms with van der Waals surface area (Å²) in [6, 6.07) is 29.3. The second-order valence-electron chi connectivity index (χ2n) is 5.48. The second kappa shape index (κ2) is 6.05. The zero-order valence-corrected chi connectivity index (χ0v) is 12.9. The van der Waals surface area contributed by atoms with E-state index in [2.05, 4.69) is 29.2 Å². The van der Waals surface area contributed by atoms with E-state index in [4.69, 9.17) is 4.42 Å². The van der Waals surface area contributed by atoms with E-state index in [0.717, 1.165) is 22.4 Å². The van der Waals surface area contributed by atoms with Crippen LogP contribution in [0.15, 0.2) is 100 Å². The lowest BCUT2D eigenvalue weighted by molar-refractivity contribution is 0.561. The number of nitrogens with zero attached hydrogens (tertiary/aromatic N) is 1. The molecule has 0 atom stereocenters. The molecular weight excluding hydrogens is 298 g/mol. The van der Waals surface area contributed by atoms with Gasteiger partial charge in [0.05, 0.1) is 0 Å². The Morgan fingerprint density at radius 3 is 1.83 bits per heavy atom. The highest BCUT2D eigenvalue weighted by molar-refractivity contribution is 5.85. The van der Waals surface area contributed by atoms with E-state index in [1.807, 2.05) is 54.6 Å². The Morgan fingerprint density at radius 2 is 1.21 bits per heavy atom. The molecule has 1 aromatic heterocycles. The summed E-state index contributed by atoms with van der Waals surface area (Å²) in [5, 5.41) is 0.902. The first-order valence-electron chi connectivity index (χ1n) is 7.75. The minimum Gasteiger partial charge on any atom is -0.423 e. The lowest BCUT2D eigenvalue weighted by Crippen LogP contribution is -2.09. The van der Waals surface area contributed by atoms with Crippen LogP contribution in [-0.4, -0.2) is 0 Å². The van der Waals surface area contributed by atoms with Crippen LogP contribution in [0.3, 0.4) is 0 Å². The Kier molecular flexibility index (Phi) is 3.60. The molecule has 0 saturated heterocycles. The van der Waals surface area contributed by atoms with E-state index >= 15 is 0 Å². The van der Waals surface area contributed by atoms with Crippen LogP contribution in [0.5, 0.6) is 0 Å². The summed E-state index contributed by atoms with van der Waals surface area (Å²) in [4.78, 5) is 13.7. The molecule has 0 aliphatic carbocycles. The predicted molar refractivity (Wildman–Crippen MR) is 97.2 cm³/mol. The minimum atomic E-state index is -0.342. The smallest absolute Gasteiger partial charge is 0.336 e. The third kappa shape index (κ3) is 2.68. The van der Waals surface area contributed by atoms with E-state index in [-0.39, 0.29) is 5.63 Å². The van der Waals surface area contributed by atoms with Crippen LogP contribution < -0.4 is 10.5 Å². The molecule has 1 heterocycles. The van der Waals surface area contributed by atoms with Crippen LogP contribution in [0.25, 0.3) is 11.0 Å². The van der Waals surface area contributed by atoms with Crippen molar-refractivity contribution in [2.45, 2.75) is 0 Å². The molecule has 0 aliphatic heterocycles. The van der Waals surface area contributed by atoms with Crippen molar-refractivity contribution in [3.8, 4) is 0 Å². The fourth-order valence-electron chi connectivity index (χ4n) is 2.79. The van der Waals surface area contributed by atoms with Crippen molar-refractivity contribution in [2.24, 2.45) is 0 Å². The SMILES string of the molecule is O=c1ccc2ccc(N(c3ccccc3)c3ccccc3)cc2o1. The molecule has 4 aromatic rings. The normalized spacial score (nSPS) is 10.7. The number of hydrogen-bond donors (Lipinski definition) is 0. The third-order valence-electron chi connectivity index (χ3n) is 3.89. The minimum absolute atomic E-state index is 0.342. The topological polar surface area (TPSA) is 33.5 Å². The standard InChI is InChI=1S/C21H15NO2/c23-21-14-12-16-11-13-19(15-20(16)24-21)22(17-7-3-1-4-8-17)18-9-5-2-6-10-18/h1-15H. The van der Waals surface area contributed by atoms with Gasteiger partial charge in [-0.3, -0.25) is 0 Å². The van der Waals surface area contributed by atoms with Crippen molar-refractivity contribution in [1.29, 1.82) is 0 Å². The first-order valence-corrected chi connectivity index (χ1v) is 7.75. The van der Waals surface area contributed by atoms with E-state index in [0.29, 0.717) is 5.58 Å². The molecule has 24 heavy (non-hydrogen) atoms. The molecule has 0 aliphatic rings. The van der Waals surface area contributed by atoms with E-state index in [9.17, 15) is 4.79 Å². The molecule has 4 rings (SSSR count). The lowest BCUT2D eigenvalue weighted by Gasteiger charge is -2.25. The largest absolute Gasteiger partial charge is 0.423 e. The van der Waals surface area contributed by atoms with Crippen LogP contribution in [0, 0.1) is 0 Å². The molecule has 0 radical (unpaired) electrons. The molecule has 0 saturated carbocycles.